The van der Waals surface area contributed by atoms with Gasteiger partial charge in [0.05, 0.1) is 13.7 Å². The Hall–Kier alpha value is -3.38. The Labute approximate surface area is 218 Å². The largest absolute Gasteiger partial charge is 0.508 e. The molecule has 0 spiro atoms. The Balaban J connectivity index is 1.26. The molecule has 2 aromatic carbocycles. The molecule has 0 saturated carbocycles. The van der Waals surface area contributed by atoms with Crippen molar-refractivity contribution in [1.82, 2.24) is 4.90 Å². The number of phenolic OH excluding ortho intramolecular Hbond substituents is 1. The normalized spacial score (nSPS) is 23.0. The van der Waals surface area contributed by atoms with E-state index in [1.807, 2.05) is 18.2 Å². The first-order valence-electron chi connectivity index (χ1n) is 13.5. The van der Waals surface area contributed by atoms with E-state index in [2.05, 4.69) is 29.2 Å². The van der Waals surface area contributed by atoms with Gasteiger partial charge in [-0.1, -0.05) is 12.5 Å². The van der Waals surface area contributed by atoms with Gasteiger partial charge in [0.25, 0.3) is 0 Å². The highest BCUT2D eigenvalue weighted by molar-refractivity contribution is 5.98. The topological polar surface area (TPSA) is 60.4 Å². The second-order valence-corrected chi connectivity index (χ2v) is 10.2. The summed E-state index contributed by atoms with van der Waals surface area (Å²) in [7, 11) is 1.68. The van der Waals surface area contributed by atoms with Crippen LogP contribution in [0.2, 0.25) is 0 Å². The minimum atomic E-state index is -0.193. The minimum Gasteiger partial charge on any atom is -0.508 e. The zero-order chi connectivity index (χ0) is 25.2. The van der Waals surface area contributed by atoms with Gasteiger partial charge in [-0.15, -0.1) is 0 Å². The first-order valence-corrected chi connectivity index (χ1v) is 13.5. The van der Waals surface area contributed by atoms with Crippen molar-refractivity contribution in [3.63, 3.8) is 0 Å². The monoisotopic (exact) mass is 501 g/mol. The molecule has 6 nitrogen and oxygen atoms in total. The van der Waals surface area contributed by atoms with Gasteiger partial charge in [-0.05, 0) is 74.3 Å². The molecule has 0 radical (unpaired) electrons. The summed E-state index contributed by atoms with van der Waals surface area (Å²) < 4.78 is 24.4. The lowest BCUT2D eigenvalue weighted by Gasteiger charge is -2.35. The van der Waals surface area contributed by atoms with Crippen molar-refractivity contribution < 1.29 is 24.1 Å². The third-order valence-electron chi connectivity index (χ3n) is 7.86. The molecule has 3 aliphatic heterocycles. The Kier molecular flexibility index (Phi) is 6.83. The van der Waals surface area contributed by atoms with Crippen LogP contribution in [0.4, 0.5) is 0 Å². The molecule has 194 valence electrons. The maximum absolute atomic E-state index is 10.1. The Bertz CT molecular complexity index is 1240. The molecule has 37 heavy (non-hydrogen) atoms. The van der Waals surface area contributed by atoms with Crippen LogP contribution in [0, 0.1) is 5.92 Å². The summed E-state index contributed by atoms with van der Waals surface area (Å²) in [5.41, 5.74) is 4.44. The van der Waals surface area contributed by atoms with Gasteiger partial charge in [-0.25, -0.2) is 0 Å². The van der Waals surface area contributed by atoms with E-state index in [-0.39, 0.29) is 17.8 Å². The number of allylic oxidation sites excluding steroid dienone is 2. The molecule has 0 aromatic heterocycles. The zero-order valence-corrected chi connectivity index (χ0v) is 21.4. The molecule has 1 aliphatic carbocycles. The number of nitrogens with zero attached hydrogens (tertiary/aromatic N) is 1. The van der Waals surface area contributed by atoms with Crippen molar-refractivity contribution in [1.29, 1.82) is 0 Å². The number of hydrogen-bond acceptors (Lipinski definition) is 6. The Morgan fingerprint density at radius 3 is 2.70 bits per heavy atom. The Morgan fingerprint density at radius 1 is 1.03 bits per heavy atom. The average molecular weight is 502 g/mol. The summed E-state index contributed by atoms with van der Waals surface area (Å²) in [6.07, 6.45) is 11.9. The number of phenols is 1. The highest BCUT2D eigenvalue weighted by atomic mass is 16.5. The fourth-order valence-corrected chi connectivity index (χ4v) is 5.92. The van der Waals surface area contributed by atoms with Gasteiger partial charge in [0, 0.05) is 47.7 Å². The van der Waals surface area contributed by atoms with Crippen LogP contribution in [0.5, 0.6) is 23.0 Å². The summed E-state index contributed by atoms with van der Waals surface area (Å²) in [5.74, 6) is 3.60. The van der Waals surface area contributed by atoms with E-state index in [1.54, 1.807) is 19.2 Å². The molecular formula is C31H35NO5. The van der Waals surface area contributed by atoms with Crippen LogP contribution in [-0.4, -0.2) is 56.1 Å². The van der Waals surface area contributed by atoms with E-state index in [0.29, 0.717) is 12.4 Å². The predicted octanol–water partition coefficient (Wildman–Crippen LogP) is 5.82. The van der Waals surface area contributed by atoms with Gasteiger partial charge in [0.15, 0.2) is 0 Å². The lowest BCUT2D eigenvalue weighted by Crippen LogP contribution is -2.33. The van der Waals surface area contributed by atoms with E-state index < -0.39 is 0 Å². The second kappa shape index (κ2) is 10.5. The number of likely N-dealkylation sites (tertiary alicyclic amines) is 1. The highest BCUT2D eigenvalue weighted by Crippen LogP contribution is 2.49. The number of fused-ring (bicyclic) bond motifs is 4. The van der Waals surface area contributed by atoms with Crippen LogP contribution in [0.15, 0.2) is 60.4 Å². The quantitative estimate of drug-likeness (QED) is 0.539. The number of benzene rings is 2. The molecule has 6 rings (SSSR count). The fraction of sp³-hybridized carbons (Fsp3) is 0.419. The number of piperidine rings is 1. The van der Waals surface area contributed by atoms with Crippen molar-refractivity contribution in [2.75, 3.05) is 40.0 Å². The van der Waals surface area contributed by atoms with Crippen molar-refractivity contribution in [3.8, 4) is 23.0 Å². The number of ether oxygens (including phenoxy) is 4. The molecule has 1 unspecified atom stereocenters. The Morgan fingerprint density at radius 2 is 1.89 bits per heavy atom. The number of rotatable bonds is 6. The molecule has 3 heterocycles. The van der Waals surface area contributed by atoms with Crippen molar-refractivity contribution in [2.45, 2.75) is 38.2 Å². The maximum Gasteiger partial charge on any atom is 0.131 e. The lowest BCUT2D eigenvalue weighted by atomic mass is 9.80. The molecule has 6 heteroatoms. The fourth-order valence-electron chi connectivity index (χ4n) is 5.92. The maximum atomic E-state index is 10.1. The van der Waals surface area contributed by atoms with E-state index in [0.717, 1.165) is 60.0 Å². The van der Waals surface area contributed by atoms with Crippen LogP contribution in [0.1, 0.15) is 43.2 Å². The first-order chi connectivity index (χ1) is 18.2. The van der Waals surface area contributed by atoms with E-state index in [9.17, 15) is 5.11 Å². The van der Waals surface area contributed by atoms with E-state index in [4.69, 9.17) is 18.9 Å². The minimum absolute atomic E-state index is 0.138. The highest BCUT2D eigenvalue weighted by Gasteiger charge is 2.37. The van der Waals surface area contributed by atoms with E-state index >= 15 is 0 Å². The molecule has 1 fully saturated rings. The first kappa shape index (κ1) is 24.0. The van der Waals surface area contributed by atoms with Gasteiger partial charge in [-0.2, -0.15) is 0 Å². The van der Waals surface area contributed by atoms with Crippen LogP contribution in [-0.2, 0) is 4.74 Å². The SMILES string of the molecule is COc1ccc2c(c1)O[C@@H](C1C=CC(OCCN3CCCCC3)=CC1)C1=C2CCOc2cc(O)ccc21. The van der Waals surface area contributed by atoms with Gasteiger partial charge < -0.3 is 24.1 Å². The van der Waals surface area contributed by atoms with Gasteiger partial charge in [-0.3, -0.25) is 4.90 Å². The number of hydrogen-bond donors (Lipinski definition) is 1. The molecule has 0 bridgehead atoms. The standard InChI is InChI=1S/C31H35NO5/c1-34-24-10-12-25-26-13-17-36-28-19-22(33)7-11-27(28)30(26)31(37-29(25)20-24)21-5-8-23(9-6-21)35-18-16-32-14-3-2-4-15-32/h5,7-12,19-21,31,33H,2-4,6,13-18H2,1H3/t21?,31-/m0/s1. The third kappa shape index (κ3) is 4.95. The number of aromatic hydroxyl groups is 1. The predicted molar refractivity (Wildman–Crippen MR) is 144 cm³/mol. The molecule has 2 aromatic rings. The smallest absolute Gasteiger partial charge is 0.131 e. The van der Waals surface area contributed by atoms with Gasteiger partial charge >= 0.3 is 0 Å². The van der Waals surface area contributed by atoms with Crippen molar-refractivity contribution in [3.05, 3.63) is 71.5 Å². The van der Waals surface area contributed by atoms with Gasteiger partial charge in [0.1, 0.15) is 41.5 Å². The molecule has 0 amide bonds. The second-order valence-electron chi connectivity index (χ2n) is 10.2. The van der Waals surface area contributed by atoms with Crippen LogP contribution in [0.25, 0.3) is 11.1 Å². The molecule has 1 saturated heterocycles. The van der Waals surface area contributed by atoms with Crippen LogP contribution in [0.3, 0.4) is 0 Å². The number of methoxy groups -OCH3 is 1. The molecule has 2 atom stereocenters. The third-order valence-corrected chi connectivity index (χ3v) is 7.86. The summed E-state index contributed by atoms with van der Waals surface area (Å²) in [4.78, 5) is 2.50. The van der Waals surface area contributed by atoms with Crippen LogP contribution < -0.4 is 14.2 Å². The summed E-state index contributed by atoms with van der Waals surface area (Å²) in [6, 6.07) is 11.4. The van der Waals surface area contributed by atoms with E-state index in [1.165, 1.54) is 37.9 Å². The zero-order valence-electron chi connectivity index (χ0n) is 21.4. The summed E-state index contributed by atoms with van der Waals surface area (Å²) in [6.45, 7) is 4.62. The van der Waals surface area contributed by atoms with Crippen molar-refractivity contribution in [2.24, 2.45) is 5.92 Å². The molecular weight excluding hydrogens is 466 g/mol. The average Bonchev–Trinajstić information content (AvgIpc) is 3.12. The van der Waals surface area contributed by atoms with Crippen LogP contribution >= 0.6 is 0 Å². The molecule has 4 aliphatic rings. The summed E-state index contributed by atoms with van der Waals surface area (Å²) >= 11 is 0. The molecule has 1 N–H and O–H groups in total. The lowest BCUT2D eigenvalue weighted by molar-refractivity contribution is 0.146. The van der Waals surface area contributed by atoms with Crippen molar-refractivity contribution >= 4 is 11.1 Å². The summed E-state index contributed by atoms with van der Waals surface area (Å²) in [5, 5.41) is 10.1. The van der Waals surface area contributed by atoms with Gasteiger partial charge in [0.2, 0.25) is 0 Å².